The maximum Gasteiger partial charge on any atom is 0.0853 e. The lowest BCUT2D eigenvalue weighted by atomic mass is 10.1. The van der Waals surface area contributed by atoms with Crippen molar-refractivity contribution in [2.75, 3.05) is 6.54 Å². The smallest absolute Gasteiger partial charge is 0.0853 e. The maximum atomic E-state index is 5.65. The predicted octanol–water partition coefficient (Wildman–Crippen LogP) is 0.526. The first kappa shape index (κ1) is 5.69. The molecule has 0 radical (unpaired) electrons. The highest BCUT2D eigenvalue weighted by molar-refractivity contribution is 4.88. The summed E-state index contributed by atoms with van der Waals surface area (Å²) in [5.74, 6) is 0. The lowest BCUT2D eigenvalue weighted by molar-refractivity contribution is -0.0225. The highest BCUT2D eigenvalue weighted by Crippen LogP contribution is 2.27. The fourth-order valence-corrected chi connectivity index (χ4v) is 1.07. The molecule has 52 valence electrons. The molecule has 1 saturated heterocycles. The topological polar surface area (TPSA) is 21.3 Å². The minimum Gasteiger partial charge on any atom is -0.372 e. The summed E-state index contributed by atoms with van der Waals surface area (Å²) in [6.45, 7) is 3.24. The highest BCUT2D eigenvalue weighted by Gasteiger charge is 2.33. The number of hydrogen-bond acceptors (Lipinski definition) is 2. The summed E-state index contributed by atoms with van der Waals surface area (Å²) in [7, 11) is 0. The molecule has 0 aromatic carbocycles. The number of nitrogens with one attached hydrogen (secondary N) is 1. The Bertz CT molecular complexity index is 111. The lowest BCUT2D eigenvalue weighted by Gasteiger charge is -2.35. The number of rotatable bonds is 2. The Kier molecular flexibility index (Phi) is 1.24. The third kappa shape index (κ3) is 1.10. The first-order valence-electron chi connectivity index (χ1n) is 3.75. The van der Waals surface area contributed by atoms with Crippen molar-refractivity contribution >= 4 is 0 Å². The molecule has 0 spiro atoms. The van der Waals surface area contributed by atoms with Crippen molar-refractivity contribution in [1.29, 1.82) is 0 Å². The van der Waals surface area contributed by atoms with Crippen molar-refractivity contribution in [3.8, 4) is 0 Å². The van der Waals surface area contributed by atoms with Crippen LogP contribution in [0.5, 0.6) is 0 Å². The zero-order valence-corrected chi connectivity index (χ0v) is 5.76. The molecule has 2 atom stereocenters. The molecule has 1 saturated carbocycles. The van der Waals surface area contributed by atoms with Crippen LogP contribution in [0.2, 0.25) is 0 Å². The van der Waals surface area contributed by atoms with Gasteiger partial charge in [0.2, 0.25) is 0 Å². The van der Waals surface area contributed by atoms with Crippen LogP contribution < -0.4 is 5.32 Å². The van der Waals surface area contributed by atoms with Crippen LogP contribution in [0.15, 0.2) is 0 Å². The summed E-state index contributed by atoms with van der Waals surface area (Å²) in [5, 5.41) is 3.27. The standard InChI is InChI=1S/C7H13NO/c1-5-7(4-8-5)9-6-2-3-6/h5-8H,2-4H2,1H3/t5-,7-/m0/s1. The summed E-state index contributed by atoms with van der Waals surface area (Å²) < 4.78 is 5.65. The molecule has 0 bridgehead atoms. The molecule has 2 heteroatoms. The van der Waals surface area contributed by atoms with Gasteiger partial charge in [0, 0.05) is 12.6 Å². The lowest BCUT2D eigenvalue weighted by Crippen LogP contribution is -2.56. The Morgan fingerprint density at radius 1 is 1.44 bits per heavy atom. The van der Waals surface area contributed by atoms with Crippen molar-refractivity contribution in [2.24, 2.45) is 0 Å². The van der Waals surface area contributed by atoms with Crippen LogP contribution in [0.25, 0.3) is 0 Å². The van der Waals surface area contributed by atoms with Gasteiger partial charge in [-0.1, -0.05) is 0 Å². The van der Waals surface area contributed by atoms with E-state index in [2.05, 4.69) is 12.2 Å². The average Bonchev–Trinajstić information content (AvgIpc) is 2.62. The second-order valence-electron chi connectivity index (χ2n) is 3.07. The Balaban J connectivity index is 1.72. The predicted molar refractivity (Wildman–Crippen MR) is 35.4 cm³/mol. The normalized spacial score (nSPS) is 42.3. The number of ether oxygens (including phenoxy) is 1. The fraction of sp³-hybridized carbons (Fsp3) is 1.00. The van der Waals surface area contributed by atoms with Gasteiger partial charge < -0.3 is 10.1 Å². The fourth-order valence-electron chi connectivity index (χ4n) is 1.07. The molecule has 2 nitrogen and oxygen atoms in total. The second-order valence-corrected chi connectivity index (χ2v) is 3.07. The molecular formula is C7H13NO. The Labute approximate surface area is 55.6 Å². The van der Waals surface area contributed by atoms with E-state index in [0.717, 1.165) is 6.54 Å². The van der Waals surface area contributed by atoms with Gasteiger partial charge in [0.05, 0.1) is 12.2 Å². The van der Waals surface area contributed by atoms with Gasteiger partial charge in [0.1, 0.15) is 0 Å². The molecule has 0 unspecified atom stereocenters. The van der Waals surface area contributed by atoms with Crippen molar-refractivity contribution in [3.05, 3.63) is 0 Å². The van der Waals surface area contributed by atoms with E-state index in [1.54, 1.807) is 0 Å². The van der Waals surface area contributed by atoms with E-state index in [1.807, 2.05) is 0 Å². The summed E-state index contributed by atoms with van der Waals surface area (Å²) in [4.78, 5) is 0. The summed E-state index contributed by atoms with van der Waals surface area (Å²) in [6.07, 6.45) is 3.74. The van der Waals surface area contributed by atoms with E-state index in [9.17, 15) is 0 Å². The molecular weight excluding hydrogens is 114 g/mol. The monoisotopic (exact) mass is 127 g/mol. The molecule has 9 heavy (non-hydrogen) atoms. The minimum atomic E-state index is 0.525. The van der Waals surface area contributed by atoms with Crippen molar-refractivity contribution < 1.29 is 4.74 Å². The van der Waals surface area contributed by atoms with E-state index < -0.39 is 0 Å². The SMILES string of the molecule is C[C@@H]1NC[C@@H]1OC1CC1. The molecule has 0 aromatic rings. The molecule has 2 fully saturated rings. The van der Waals surface area contributed by atoms with Crippen molar-refractivity contribution in [3.63, 3.8) is 0 Å². The molecule has 1 aliphatic carbocycles. The van der Waals surface area contributed by atoms with Gasteiger partial charge in [-0.3, -0.25) is 0 Å². The molecule has 2 rings (SSSR count). The van der Waals surface area contributed by atoms with Crippen LogP contribution in [-0.4, -0.2) is 24.8 Å². The minimum absolute atomic E-state index is 0.525. The van der Waals surface area contributed by atoms with Gasteiger partial charge in [0.15, 0.2) is 0 Å². The Hall–Kier alpha value is -0.0800. The van der Waals surface area contributed by atoms with Crippen LogP contribution in [0.1, 0.15) is 19.8 Å². The molecule has 2 aliphatic rings. The summed E-state index contributed by atoms with van der Waals surface area (Å²) in [6, 6.07) is 0.602. The first-order valence-corrected chi connectivity index (χ1v) is 3.75. The molecule has 1 N–H and O–H groups in total. The van der Waals surface area contributed by atoms with E-state index in [-0.39, 0.29) is 0 Å². The first-order chi connectivity index (χ1) is 4.36. The van der Waals surface area contributed by atoms with Gasteiger partial charge in [-0.2, -0.15) is 0 Å². The van der Waals surface area contributed by atoms with E-state index >= 15 is 0 Å². The van der Waals surface area contributed by atoms with E-state index in [4.69, 9.17) is 4.74 Å². The van der Waals surface area contributed by atoms with Crippen LogP contribution in [0.4, 0.5) is 0 Å². The summed E-state index contributed by atoms with van der Waals surface area (Å²) in [5.41, 5.74) is 0. The van der Waals surface area contributed by atoms with Crippen LogP contribution >= 0.6 is 0 Å². The van der Waals surface area contributed by atoms with E-state index in [1.165, 1.54) is 12.8 Å². The van der Waals surface area contributed by atoms with E-state index in [0.29, 0.717) is 18.2 Å². The number of hydrogen-bond donors (Lipinski definition) is 1. The largest absolute Gasteiger partial charge is 0.372 e. The quantitative estimate of drug-likeness (QED) is 0.584. The van der Waals surface area contributed by atoms with Gasteiger partial charge in [-0.25, -0.2) is 0 Å². The van der Waals surface area contributed by atoms with Crippen molar-refractivity contribution in [1.82, 2.24) is 5.32 Å². The van der Waals surface area contributed by atoms with Gasteiger partial charge >= 0.3 is 0 Å². The third-order valence-electron chi connectivity index (χ3n) is 2.09. The van der Waals surface area contributed by atoms with Gasteiger partial charge in [-0.05, 0) is 19.8 Å². The van der Waals surface area contributed by atoms with Gasteiger partial charge in [-0.15, -0.1) is 0 Å². The third-order valence-corrected chi connectivity index (χ3v) is 2.09. The Morgan fingerprint density at radius 2 is 2.22 bits per heavy atom. The zero-order chi connectivity index (χ0) is 6.27. The molecule has 1 heterocycles. The highest BCUT2D eigenvalue weighted by atomic mass is 16.5. The zero-order valence-electron chi connectivity index (χ0n) is 5.76. The molecule has 0 amide bonds. The Morgan fingerprint density at radius 3 is 2.56 bits per heavy atom. The van der Waals surface area contributed by atoms with Crippen LogP contribution in [0, 0.1) is 0 Å². The molecule has 1 aliphatic heterocycles. The molecule has 0 aromatic heterocycles. The second kappa shape index (κ2) is 1.96. The average molecular weight is 127 g/mol. The maximum absolute atomic E-state index is 5.65. The summed E-state index contributed by atoms with van der Waals surface area (Å²) >= 11 is 0. The van der Waals surface area contributed by atoms with Crippen LogP contribution in [-0.2, 0) is 4.74 Å². The van der Waals surface area contributed by atoms with Gasteiger partial charge in [0.25, 0.3) is 0 Å². The van der Waals surface area contributed by atoms with Crippen LogP contribution in [0.3, 0.4) is 0 Å². The van der Waals surface area contributed by atoms with Crippen molar-refractivity contribution in [2.45, 2.75) is 38.0 Å².